The van der Waals surface area contributed by atoms with Gasteiger partial charge in [-0.05, 0) is 45.0 Å². The van der Waals surface area contributed by atoms with Crippen molar-refractivity contribution < 1.29 is 13.2 Å². The summed E-state index contributed by atoms with van der Waals surface area (Å²) in [6, 6.07) is 5.93. The van der Waals surface area contributed by atoms with Crippen LogP contribution in [-0.2, 0) is 6.18 Å². The number of aromatic nitrogens is 4. The Labute approximate surface area is 178 Å². The SMILES string of the molecule is CC(C)(C)Nc1c(Nc2ccnc(Nc3ccc4[nH]c(C(F)(F)F)nc4c3)n2)c(=O)c1=O. The molecule has 0 saturated carbocycles. The maximum absolute atomic E-state index is 12.8. The maximum Gasteiger partial charge on any atom is 0.449 e. The van der Waals surface area contributed by atoms with Crippen LogP contribution in [0.3, 0.4) is 0 Å². The first-order valence-electron chi connectivity index (χ1n) is 9.46. The highest BCUT2D eigenvalue weighted by Gasteiger charge is 2.34. The van der Waals surface area contributed by atoms with Crippen molar-refractivity contribution in [2.45, 2.75) is 32.5 Å². The van der Waals surface area contributed by atoms with Gasteiger partial charge in [0, 0.05) is 17.4 Å². The number of rotatable bonds is 5. The Hall–Kier alpha value is -3.96. The summed E-state index contributed by atoms with van der Waals surface area (Å²) in [5.41, 5.74) is -0.633. The van der Waals surface area contributed by atoms with E-state index < -0.39 is 28.4 Å². The molecule has 0 aliphatic carbocycles. The molecule has 2 heterocycles. The summed E-state index contributed by atoms with van der Waals surface area (Å²) < 4.78 is 38.5. The molecule has 4 aromatic rings. The van der Waals surface area contributed by atoms with Crippen molar-refractivity contribution in [3.05, 3.63) is 56.7 Å². The number of halogens is 3. The number of alkyl halides is 3. The van der Waals surface area contributed by atoms with E-state index in [1.54, 1.807) is 6.07 Å². The van der Waals surface area contributed by atoms with Gasteiger partial charge in [-0.15, -0.1) is 0 Å². The summed E-state index contributed by atoms with van der Waals surface area (Å²) in [5, 5.41) is 8.69. The van der Waals surface area contributed by atoms with Crippen LogP contribution >= 0.6 is 0 Å². The topological polar surface area (TPSA) is 125 Å². The molecule has 9 nitrogen and oxygen atoms in total. The minimum absolute atomic E-state index is 0.104. The quantitative estimate of drug-likeness (QED) is 0.343. The van der Waals surface area contributed by atoms with Gasteiger partial charge < -0.3 is 20.9 Å². The smallest absolute Gasteiger partial charge is 0.375 e. The molecule has 0 unspecified atom stereocenters. The van der Waals surface area contributed by atoms with E-state index >= 15 is 0 Å². The molecule has 0 atom stereocenters. The minimum Gasteiger partial charge on any atom is -0.375 e. The van der Waals surface area contributed by atoms with Crippen LogP contribution in [0.4, 0.5) is 42.0 Å². The molecule has 0 aliphatic rings. The Bertz CT molecular complexity index is 1380. The van der Waals surface area contributed by atoms with Crippen LogP contribution in [0, 0.1) is 0 Å². The molecule has 4 rings (SSSR count). The van der Waals surface area contributed by atoms with Gasteiger partial charge in [0.2, 0.25) is 11.8 Å². The normalized spacial score (nSPS) is 12.3. The van der Waals surface area contributed by atoms with Crippen molar-refractivity contribution in [1.29, 1.82) is 0 Å². The lowest BCUT2D eigenvalue weighted by Gasteiger charge is -2.24. The summed E-state index contributed by atoms with van der Waals surface area (Å²) in [7, 11) is 0. The summed E-state index contributed by atoms with van der Waals surface area (Å²) in [4.78, 5) is 37.9. The van der Waals surface area contributed by atoms with Crippen molar-refractivity contribution in [3.63, 3.8) is 0 Å². The standard InChI is InChI=1S/C20H18F3N7O2/c1-19(2,3)30-14-13(15(31)16(14)32)28-12-6-7-24-18(29-12)25-9-4-5-10-11(8-9)27-17(26-10)20(21,22)23/h4-8,30H,1-3H3,(H,26,27)(H2,24,25,28,29). The molecule has 0 amide bonds. The third kappa shape index (κ3) is 4.24. The predicted molar refractivity (Wildman–Crippen MR) is 114 cm³/mol. The van der Waals surface area contributed by atoms with Gasteiger partial charge in [-0.25, -0.2) is 9.97 Å². The Morgan fingerprint density at radius 3 is 2.34 bits per heavy atom. The number of fused-ring (bicyclic) bond motifs is 1. The monoisotopic (exact) mass is 445 g/mol. The van der Waals surface area contributed by atoms with E-state index in [9.17, 15) is 22.8 Å². The molecule has 4 N–H and O–H groups in total. The third-order valence-corrected chi connectivity index (χ3v) is 4.33. The van der Waals surface area contributed by atoms with Gasteiger partial charge >= 0.3 is 6.18 Å². The number of benzene rings is 1. The molecule has 0 spiro atoms. The highest BCUT2D eigenvalue weighted by Crippen LogP contribution is 2.30. The lowest BCUT2D eigenvalue weighted by Crippen LogP contribution is -2.41. The number of hydrogen-bond donors (Lipinski definition) is 4. The number of anilines is 5. The van der Waals surface area contributed by atoms with Crippen LogP contribution in [0.25, 0.3) is 11.0 Å². The zero-order valence-electron chi connectivity index (χ0n) is 17.2. The average molecular weight is 445 g/mol. The molecule has 0 aliphatic heterocycles. The van der Waals surface area contributed by atoms with Gasteiger partial charge in [0.05, 0.1) is 11.0 Å². The highest BCUT2D eigenvalue weighted by atomic mass is 19.4. The van der Waals surface area contributed by atoms with Crippen LogP contribution in [0.1, 0.15) is 26.6 Å². The summed E-state index contributed by atoms with van der Waals surface area (Å²) in [6.07, 6.45) is -3.15. The van der Waals surface area contributed by atoms with Crippen LogP contribution in [-0.4, -0.2) is 25.5 Å². The first-order valence-corrected chi connectivity index (χ1v) is 9.46. The fraction of sp³-hybridized carbons (Fsp3) is 0.250. The number of nitrogens with one attached hydrogen (secondary N) is 4. The minimum atomic E-state index is -4.58. The summed E-state index contributed by atoms with van der Waals surface area (Å²) in [5.74, 6) is -0.698. The summed E-state index contributed by atoms with van der Waals surface area (Å²) >= 11 is 0. The first kappa shape index (κ1) is 21.3. The maximum atomic E-state index is 12.8. The number of H-pyrrole nitrogens is 1. The van der Waals surface area contributed by atoms with Crippen LogP contribution in [0.2, 0.25) is 0 Å². The van der Waals surface area contributed by atoms with Gasteiger partial charge in [0.25, 0.3) is 10.9 Å². The van der Waals surface area contributed by atoms with Crippen molar-refractivity contribution in [2.75, 3.05) is 16.0 Å². The number of hydrogen-bond acceptors (Lipinski definition) is 8. The number of imidazole rings is 1. The van der Waals surface area contributed by atoms with Crippen molar-refractivity contribution in [1.82, 2.24) is 19.9 Å². The van der Waals surface area contributed by atoms with E-state index in [4.69, 9.17) is 0 Å². The summed E-state index contributed by atoms with van der Waals surface area (Å²) in [6.45, 7) is 5.57. The number of aromatic amines is 1. The zero-order valence-corrected chi connectivity index (χ0v) is 17.2. The van der Waals surface area contributed by atoms with E-state index in [2.05, 4.69) is 35.9 Å². The average Bonchev–Trinajstić information content (AvgIpc) is 3.14. The molecule has 12 heteroatoms. The fourth-order valence-corrected chi connectivity index (χ4v) is 2.97. The van der Waals surface area contributed by atoms with E-state index in [-0.39, 0.29) is 34.2 Å². The molecule has 2 aromatic heterocycles. The third-order valence-electron chi connectivity index (χ3n) is 4.33. The zero-order chi connectivity index (χ0) is 23.3. The molecule has 166 valence electrons. The van der Waals surface area contributed by atoms with Gasteiger partial charge in [0.1, 0.15) is 17.2 Å². The molecule has 2 aromatic carbocycles. The molecule has 0 bridgehead atoms. The second kappa shape index (κ2) is 7.32. The van der Waals surface area contributed by atoms with Crippen LogP contribution in [0.15, 0.2) is 40.1 Å². The lowest BCUT2D eigenvalue weighted by atomic mass is 10.1. The van der Waals surface area contributed by atoms with Crippen molar-refractivity contribution >= 4 is 39.9 Å². The molecule has 0 radical (unpaired) electrons. The second-order valence-electron chi connectivity index (χ2n) is 8.11. The number of nitrogens with zero attached hydrogens (tertiary/aromatic N) is 3. The van der Waals surface area contributed by atoms with Gasteiger partial charge in [0.15, 0.2) is 0 Å². The van der Waals surface area contributed by atoms with E-state index in [0.29, 0.717) is 5.69 Å². The molecular formula is C20H18F3N7O2. The second-order valence-corrected chi connectivity index (χ2v) is 8.11. The first-order chi connectivity index (χ1) is 14.9. The molecule has 0 saturated heterocycles. The van der Waals surface area contributed by atoms with Crippen LogP contribution < -0.4 is 26.8 Å². The molecule has 0 fully saturated rings. The van der Waals surface area contributed by atoms with E-state index in [0.717, 1.165) is 0 Å². The van der Waals surface area contributed by atoms with Crippen molar-refractivity contribution in [2.24, 2.45) is 0 Å². The Balaban J connectivity index is 1.55. The van der Waals surface area contributed by atoms with Crippen molar-refractivity contribution in [3.8, 4) is 0 Å². The largest absolute Gasteiger partial charge is 0.449 e. The fourth-order valence-electron chi connectivity index (χ4n) is 2.97. The highest BCUT2D eigenvalue weighted by molar-refractivity contribution is 5.81. The van der Waals surface area contributed by atoms with Gasteiger partial charge in [-0.2, -0.15) is 18.2 Å². The Kier molecular flexibility index (Phi) is 4.87. The van der Waals surface area contributed by atoms with Gasteiger partial charge in [-0.1, -0.05) is 0 Å². The molecule has 32 heavy (non-hydrogen) atoms. The Morgan fingerprint density at radius 1 is 0.938 bits per heavy atom. The van der Waals surface area contributed by atoms with Crippen LogP contribution in [0.5, 0.6) is 0 Å². The van der Waals surface area contributed by atoms with Gasteiger partial charge in [-0.3, -0.25) is 9.59 Å². The van der Waals surface area contributed by atoms with E-state index in [1.807, 2.05) is 20.8 Å². The lowest BCUT2D eigenvalue weighted by molar-refractivity contribution is -0.144. The molecular weight excluding hydrogens is 427 g/mol. The predicted octanol–water partition coefficient (Wildman–Crippen LogP) is 3.67. The van der Waals surface area contributed by atoms with E-state index in [1.165, 1.54) is 24.4 Å². The Morgan fingerprint density at radius 2 is 1.66 bits per heavy atom.